The summed E-state index contributed by atoms with van der Waals surface area (Å²) >= 11 is 0. The number of primary amides is 1. The number of rotatable bonds is 4. The maximum absolute atomic E-state index is 12.6. The Labute approximate surface area is 147 Å². The first-order valence-corrected chi connectivity index (χ1v) is 8.48. The van der Waals surface area contributed by atoms with Gasteiger partial charge in [0.1, 0.15) is 0 Å². The Morgan fingerprint density at radius 3 is 2.52 bits per heavy atom. The fraction of sp³-hybridized carbons (Fsp3) is 0.300. The normalized spacial score (nSPS) is 18.2. The SMILES string of the molecule is CC1CN(C(C)C(=O)Nc2ccc(C(N)=O)cc2)Cc2ccccc21. The molecule has 2 amide bonds. The third kappa shape index (κ3) is 3.72. The lowest BCUT2D eigenvalue weighted by molar-refractivity contribution is -0.121. The van der Waals surface area contributed by atoms with Crippen LogP contribution in [0, 0.1) is 0 Å². The lowest BCUT2D eigenvalue weighted by Gasteiger charge is -2.36. The van der Waals surface area contributed by atoms with E-state index in [0.29, 0.717) is 17.2 Å². The number of fused-ring (bicyclic) bond motifs is 1. The largest absolute Gasteiger partial charge is 0.366 e. The van der Waals surface area contributed by atoms with E-state index in [0.717, 1.165) is 13.1 Å². The molecule has 3 N–H and O–H groups in total. The highest BCUT2D eigenvalue weighted by molar-refractivity contribution is 5.96. The topological polar surface area (TPSA) is 75.4 Å². The third-order valence-electron chi connectivity index (χ3n) is 4.83. The summed E-state index contributed by atoms with van der Waals surface area (Å²) < 4.78 is 0. The summed E-state index contributed by atoms with van der Waals surface area (Å²) in [5, 5.41) is 2.91. The van der Waals surface area contributed by atoms with Crippen LogP contribution in [0.1, 0.15) is 41.3 Å². The number of anilines is 1. The van der Waals surface area contributed by atoms with Crippen LogP contribution in [-0.4, -0.2) is 29.3 Å². The van der Waals surface area contributed by atoms with Gasteiger partial charge in [0.05, 0.1) is 6.04 Å². The molecule has 0 saturated heterocycles. The molecule has 1 aliphatic rings. The van der Waals surface area contributed by atoms with Gasteiger partial charge < -0.3 is 11.1 Å². The van der Waals surface area contributed by atoms with Gasteiger partial charge in [0.2, 0.25) is 11.8 Å². The molecule has 0 aliphatic carbocycles. The second kappa shape index (κ2) is 7.07. The molecule has 1 aliphatic heterocycles. The van der Waals surface area contributed by atoms with Crippen LogP contribution in [0.3, 0.4) is 0 Å². The zero-order chi connectivity index (χ0) is 18.0. The van der Waals surface area contributed by atoms with Crippen LogP contribution in [0.5, 0.6) is 0 Å². The van der Waals surface area contributed by atoms with E-state index in [1.54, 1.807) is 24.3 Å². The fourth-order valence-corrected chi connectivity index (χ4v) is 3.32. The molecule has 25 heavy (non-hydrogen) atoms. The van der Waals surface area contributed by atoms with Crippen molar-refractivity contribution in [3.8, 4) is 0 Å². The van der Waals surface area contributed by atoms with E-state index in [1.807, 2.05) is 13.0 Å². The van der Waals surface area contributed by atoms with Gasteiger partial charge >= 0.3 is 0 Å². The van der Waals surface area contributed by atoms with Crippen LogP contribution in [-0.2, 0) is 11.3 Å². The molecule has 2 atom stereocenters. The predicted molar refractivity (Wildman–Crippen MR) is 98.3 cm³/mol. The molecule has 0 fully saturated rings. The number of hydrogen-bond donors (Lipinski definition) is 2. The first-order chi connectivity index (χ1) is 12.0. The summed E-state index contributed by atoms with van der Waals surface area (Å²) in [5.41, 5.74) is 8.97. The molecule has 0 radical (unpaired) electrons. The highest BCUT2D eigenvalue weighted by atomic mass is 16.2. The molecule has 130 valence electrons. The summed E-state index contributed by atoms with van der Waals surface area (Å²) in [6.07, 6.45) is 0. The number of hydrogen-bond acceptors (Lipinski definition) is 3. The Bertz CT molecular complexity index is 786. The maximum Gasteiger partial charge on any atom is 0.248 e. The van der Waals surface area contributed by atoms with Crippen molar-refractivity contribution in [1.82, 2.24) is 4.90 Å². The molecule has 0 saturated carbocycles. The number of nitrogens with zero attached hydrogens (tertiary/aromatic N) is 1. The smallest absolute Gasteiger partial charge is 0.248 e. The van der Waals surface area contributed by atoms with Crippen LogP contribution in [0.4, 0.5) is 5.69 Å². The van der Waals surface area contributed by atoms with E-state index in [2.05, 4.69) is 35.3 Å². The van der Waals surface area contributed by atoms with E-state index >= 15 is 0 Å². The molecule has 2 unspecified atom stereocenters. The predicted octanol–water partition coefficient (Wildman–Crippen LogP) is 2.73. The van der Waals surface area contributed by atoms with Crippen molar-refractivity contribution in [3.63, 3.8) is 0 Å². The Kier molecular flexibility index (Phi) is 4.86. The molecular weight excluding hydrogens is 314 g/mol. The summed E-state index contributed by atoms with van der Waals surface area (Å²) in [6, 6.07) is 14.8. The highest BCUT2D eigenvalue weighted by Gasteiger charge is 2.28. The van der Waals surface area contributed by atoms with Gasteiger partial charge in [-0.3, -0.25) is 14.5 Å². The quantitative estimate of drug-likeness (QED) is 0.901. The number of nitrogens with one attached hydrogen (secondary N) is 1. The van der Waals surface area contributed by atoms with Crippen LogP contribution in [0.2, 0.25) is 0 Å². The van der Waals surface area contributed by atoms with Gasteiger partial charge in [-0.25, -0.2) is 0 Å². The number of nitrogens with two attached hydrogens (primary N) is 1. The van der Waals surface area contributed by atoms with Gasteiger partial charge in [-0.2, -0.15) is 0 Å². The van der Waals surface area contributed by atoms with Gasteiger partial charge in [-0.15, -0.1) is 0 Å². The van der Waals surface area contributed by atoms with Gasteiger partial charge in [-0.1, -0.05) is 31.2 Å². The Morgan fingerprint density at radius 1 is 1.16 bits per heavy atom. The molecule has 0 spiro atoms. The zero-order valence-corrected chi connectivity index (χ0v) is 14.5. The average Bonchev–Trinajstić information content (AvgIpc) is 2.61. The summed E-state index contributed by atoms with van der Waals surface area (Å²) in [4.78, 5) is 25.9. The first-order valence-electron chi connectivity index (χ1n) is 8.48. The Balaban J connectivity index is 1.67. The minimum absolute atomic E-state index is 0.0570. The monoisotopic (exact) mass is 337 g/mol. The van der Waals surface area contributed by atoms with Gasteiger partial charge in [0, 0.05) is 24.3 Å². The minimum atomic E-state index is -0.479. The lowest BCUT2D eigenvalue weighted by Crippen LogP contribution is -2.45. The van der Waals surface area contributed by atoms with Crippen molar-refractivity contribution in [2.24, 2.45) is 5.73 Å². The van der Waals surface area contributed by atoms with Crippen molar-refractivity contribution < 1.29 is 9.59 Å². The van der Waals surface area contributed by atoms with E-state index in [1.165, 1.54) is 11.1 Å². The number of benzene rings is 2. The molecule has 1 heterocycles. The summed E-state index contributed by atoms with van der Waals surface area (Å²) in [5.74, 6) is -0.138. The number of carbonyl (C=O) groups excluding carboxylic acids is 2. The van der Waals surface area contributed by atoms with E-state index in [-0.39, 0.29) is 11.9 Å². The van der Waals surface area contributed by atoms with Crippen molar-refractivity contribution in [2.75, 3.05) is 11.9 Å². The third-order valence-corrected chi connectivity index (χ3v) is 4.83. The highest BCUT2D eigenvalue weighted by Crippen LogP contribution is 2.29. The minimum Gasteiger partial charge on any atom is -0.366 e. The summed E-state index contributed by atoms with van der Waals surface area (Å²) in [6.45, 7) is 5.74. The second-order valence-electron chi connectivity index (χ2n) is 6.64. The van der Waals surface area contributed by atoms with Crippen molar-refractivity contribution in [2.45, 2.75) is 32.4 Å². The van der Waals surface area contributed by atoms with E-state index in [9.17, 15) is 9.59 Å². The first kappa shape index (κ1) is 17.2. The van der Waals surface area contributed by atoms with E-state index < -0.39 is 5.91 Å². The van der Waals surface area contributed by atoms with Crippen LogP contribution < -0.4 is 11.1 Å². The average molecular weight is 337 g/mol. The van der Waals surface area contributed by atoms with Crippen molar-refractivity contribution in [3.05, 3.63) is 65.2 Å². The standard InChI is InChI=1S/C20H23N3O2/c1-13-11-23(12-16-5-3-4-6-18(13)16)14(2)20(25)22-17-9-7-15(8-10-17)19(21)24/h3-10,13-14H,11-12H2,1-2H3,(H2,21,24)(H,22,25). The lowest BCUT2D eigenvalue weighted by atomic mass is 9.90. The second-order valence-corrected chi connectivity index (χ2v) is 6.64. The van der Waals surface area contributed by atoms with Crippen molar-refractivity contribution in [1.29, 1.82) is 0 Å². The van der Waals surface area contributed by atoms with E-state index in [4.69, 9.17) is 5.73 Å². The van der Waals surface area contributed by atoms with Crippen molar-refractivity contribution >= 4 is 17.5 Å². The maximum atomic E-state index is 12.6. The fourth-order valence-electron chi connectivity index (χ4n) is 3.32. The molecule has 0 aromatic heterocycles. The van der Waals surface area contributed by atoms with Gasteiger partial charge in [-0.05, 0) is 48.2 Å². The number of carbonyl (C=O) groups is 2. The summed E-state index contributed by atoms with van der Waals surface area (Å²) in [7, 11) is 0. The molecule has 5 heteroatoms. The molecule has 0 bridgehead atoms. The molecule has 2 aromatic rings. The van der Waals surface area contributed by atoms with Crippen LogP contribution in [0.15, 0.2) is 48.5 Å². The Morgan fingerprint density at radius 2 is 1.84 bits per heavy atom. The Hall–Kier alpha value is -2.66. The van der Waals surface area contributed by atoms with Gasteiger partial charge in [0.15, 0.2) is 0 Å². The molecular formula is C20H23N3O2. The number of amides is 2. The zero-order valence-electron chi connectivity index (χ0n) is 14.5. The van der Waals surface area contributed by atoms with Gasteiger partial charge in [0.25, 0.3) is 0 Å². The molecule has 2 aromatic carbocycles. The van der Waals surface area contributed by atoms with Crippen LogP contribution >= 0.6 is 0 Å². The molecule has 3 rings (SSSR count). The molecule has 5 nitrogen and oxygen atoms in total. The van der Waals surface area contributed by atoms with Crippen LogP contribution in [0.25, 0.3) is 0 Å².